The topological polar surface area (TPSA) is 0 Å². The molecule has 0 radical (unpaired) electrons. The Kier molecular flexibility index (Phi) is 9.91. The molecule has 0 aromatic carbocycles. The van der Waals surface area contributed by atoms with Crippen LogP contribution < -0.4 is 0 Å². The summed E-state index contributed by atoms with van der Waals surface area (Å²) < 4.78 is 0. The van der Waals surface area contributed by atoms with Gasteiger partial charge in [0, 0.05) is 0 Å². The molecule has 1 heteroatoms. The zero-order valence-corrected chi connectivity index (χ0v) is 16.0. The molecule has 0 bridgehead atoms. The van der Waals surface area contributed by atoms with E-state index in [1.54, 1.807) is 0 Å². The molecule has 0 unspecified atom stereocenters. The van der Waals surface area contributed by atoms with Crippen LogP contribution in [0.25, 0.3) is 6.08 Å². The van der Waals surface area contributed by atoms with Crippen LogP contribution in [0.3, 0.4) is 0 Å². The SMILES string of the molecule is CC/C=C(CCCC)/C(C)=C/c1cc(CCC)cbc1CCC. The van der Waals surface area contributed by atoms with Crippen molar-refractivity contribution >= 4 is 13.0 Å². The fraction of sp³-hybridized carbons (Fsp3) is 0.591. The number of hydrogen-bond donors (Lipinski definition) is 0. The predicted molar refractivity (Wildman–Crippen MR) is 107 cm³/mol. The average Bonchev–Trinajstić information content (AvgIpc) is 2.54. The molecule has 0 saturated heterocycles. The van der Waals surface area contributed by atoms with Crippen LogP contribution in [0, 0.1) is 0 Å². The van der Waals surface area contributed by atoms with Crippen molar-refractivity contribution in [2.75, 3.05) is 0 Å². The van der Waals surface area contributed by atoms with Gasteiger partial charge in [0.15, 0.2) is 0 Å². The van der Waals surface area contributed by atoms with Gasteiger partial charge in [-0.3, -0.25) is 0 Å². The van der Waals surface area contributed by atoms with Crippen LogP contribution in [0.4, 0.5) is 0 Å². The van der Waals surface area contributed by atoms with Gasteiger partial charge < -0.3 is 0 Å². The Labute approximate surface area is 145 Å². The molecule has 0 amide bonds. The summed E-state index contributed by atoms with van der Waals surface area (Å²) in [5.41, 5.74) is 7.40. The first-order chi connectivity index (χ1) is 11.2. The Morgan fingerprint density at radius 2 is 1.78 bits per heavy atom. The fourth-order valence-electron chi connectivity index (χ4n) is 3.12. The monoisotopic (exact) mass is 310 g/mol. The van der Waals surface area contributed by atoms with Gasteiger partial charge in [-0.1, -0.05) is 0 Å². The Hall–Kier alpha value is -1.11. The van der Waals surface area contributed by atoms with Crippen LogP contribution in [-0.4, -0.2) is 6.91 Å². The molecular formula is C22H35B. The molecule has 0 aliphatic carbocycles. The van der Waals surface area contributed by atoms with Crippen molar-refractivity contribution < 1.29 is 0 Å². The van der Waals surface area contributed by atoms with E-state index in [4.69, 9.17) is 0 Å². The molecule has 0 N–H and O–H groups in total. The molecule has 0 fully saturated rings. The Morgan fingerprint density at radius 3 is 2.39 bits per heavy atom. The van der Waals surface area contributed by atoms with E-state index in [1.165, 1.54) is 72.7 Å². The zero-order chi connectivity index (χ0) is 17.1. The molecule has 0 aliphatic rings. The molecule has 0 atom stereocenters. The van der Waals surface area contributed by atoms with E-state index in [0.29, 0.717) is 0 Å². The third kappa shape index (κ3) is 6.89. The number of aryl methyl sites for hydroxylation is 2. The van der Waals surface area contributed by atoms with Crippen molar-refractivity contribution in [1.82, 2.24) is 0 Å². The summed E-state index contributed by atoms with van der Waals surface area (Å²) >= 11 is 0. The van der Waals surface area contributed by atoms with Gasteiger partial charge in [-0.15, -0.1) is 0 Å². The summed E-state index contributed by atoms with van der Waals surface area (Å²) in [4.78, 5) is 0. The average molecular weight is 310 g/mol. The van der Waals surface area contributed by atoms with E-state index in [2.05, 4.69) is 65.7 Å². The van der Waals surface area contributed by atoms with Crippen molar-refractivity contribution in [3.8, 4) is 0 Å². The quantitative estimate of drug-likeness (QED) is 0.414. The number of rotatable bonds is 10. The normalized spacial score (nSPS) is 12.6. The molecule has 0 aliphatic heterocycles. The van der Waals surface area contributed by atoms with Crippen molar-refractivity contribution in [1.29, 1.82) is 0 Å². The molecule has 126 valence electrons. The second kappa shape index (κ2) is 11.4. The van der Waals surface area contributed by atoms with Crippen LogP contribution in [0.5, 0.6) is 0 Å². The third-order valence-electron chi connectivity index (χ3n) is 4.40. The van der Waals surface area contributed by atoms with Gasteiger partial charge in [-0.05, 0) is 0 Å². The molecule has 23 heavy (non-hydrogen) atoms. The molecule has 0 spiro atoms. The standard InChI is InChI=1S/C22H35B/c1-6-10-14-20(12-8-3)18(5)15-21-16-19(11-7-2)17-23-22(21)13-9-4/h12,15-17H,6-11,13-14H2,1-5H3/b18-15+,20-12+. The van der Waals surface area contributed by atoms with Gasteiger partial charge in [0.05, 0.1) is 0 Å². The Morgan fingerprint density at radius 1 is 1.04 bits per heavy atom. The first-order valence-corrected chi connectivity index (χ1v) is 9.65. The molecule has 1 heterocycles. The van der Waals surface area contributed by atoms with Gasteiger partial charge in [-0.2, -0.15) is 0 Å². The van der Waals surface area contributed by atoms with Crippen molar-refractivity contribution in [3.63, 3.8) is 0 Å². The van der Waals surface area contributed by atoms with Crippen LogP contribution in [0.1, 0.15) is 89.7 Å². The van der Waals surface area contributed by atoms with Crippen molar-refractivity contribution in [3.05, 3.63) is 45.8 Å². The van der Waals surface area contributed by atoms with Crippen LogP contribution in [0.15, 0.2) is 29.3 Å². The number of allylic oxidation sites excluding steroid dienone is 3. The third-order valence-corrected chi connectivity index (χ3v) is 4.40. The summed E-state index contributed by atoms with van der Waals surface area (Å²) in [6, 6.07) is 2.42. The first-order valence-electron chi connectivity index (χ1n) is 9.65. The molecule has 0 saturated carbocycles. The van der Waals surface area contributed by atoms with E-state index in [1.807, 2.05) is 0 Å². The molecule has 1 aromatic rings. The van der Waals surface area contributed by atoms with E-state index in [-0.39, 0.29) is 0 Å². The Bertz CT molecular complexity index is 523. The van der Waals surface area contributed by atoms with Gasteiger partial charge in [0.25, 0.3) is 0 Å². The second-order valence-electron chi connectivity index (χ2n) is 6.60. The predicted octanol–water partition coefficient (Wildman–Crippen LogP) is 6.86. The number of hydrogen-bond acceptors (Lipinski definition) is 0. The van der Waals surface area contributed by atoms with Crippen LogP contribution in [0.2, 0.25) is 0 Å². The minimum absolute atomic E-state index is 1.13. The van der Waals surface area contributed by atoms with Gasteiger partial charge >= 0.3 is 145 Å². The zero-order valence-electron chi connectivity index (χ0n) is 16.0. The molecule has 0 nitrogen and oxygen atoms in total. The van der Waals surface area contributed by atoms with E-state index in [0.717, 1.165) is 6.42 Å². The Balaban J connectivity index is 3.14. The van der Waals surface area contributed by atoms with E-state index in [9.17, 15) is 0 Å². The van der Waals surface area contributed by atoms with E-state index < -0.39 is 0 Å². The fourth-order valence-corrected chi connectivity index (χ4v) is 3.12. The first kappa shape index (κ1) is 19.9. The van der Waals surface area contributed by atoms with Gasteiger partial charge in [0.1, 0.15) is 0 Å². The summed E-state index contributed by atoms with van der Waals surface area (Å²) in [7, 11) is 0. The second-order valence-corrected chi connectivity index (χ2v) is 6.60. The van der Waals surface area contributed by atoms with Gasteiger partial charge in [0.2, 0.25) is 0 Å². The van der Waals surface area contributed by atoms with Crippen molar-refractivity contribution in [2.45, 2.75) is 86.0 Å². The summed E-state index contributed by atoms with van der Waals surface area (Å²) in [5.74, 6) is 2.32. The van der Waals surface area contributed by atoms with Crippen LogP contribution >= 0.6 is 0 Å². The summed E-state index contributed by atoms with van der Waals surface area (Å²) in [5, 5.41) is 0. The summed E-state index contributed by atoms with van der Waals surface area (Å²) in [6.45, 7) is 13.7. The summed E-state index contributed by atoms with van der Waals surface area (Å²) in [6.07, 6.45) is 14.5. The molecule has 1 aromatic heterocycles. The molecule has 1 rings (SSSR count). The maximum atomic E-state index is 2.43. The van der Waals surface area contributed by atoms with E-state index >= 15 is 0 Å². The minimum atomic E-state index is 1.13. The van der Waals surface area contributed by atoms with Crippen LogP contribution in [-0.2, 0) is 12.8 Å². The van der Waals surface area contributed by atoms with Crippen molar-refractivity contribution in [2.24, 2.45) is 0 Å². The number of unbranched alkanes of at least 4 members (excludes halogenated alkanes) is 1. The maximum absolute atomic E-state index is 2.43. The van der Waals surface area contributed by atoms with Gasteiger partial charge in [-0.25, -0.2) is 0 Å². The molecular weight excluding hydrogens is 275 g/mol.